The summed E-state index contributed by atoms with van der Waals surface area (Å²) in [5, 5.41) is 0.965. The van der Waals surface area contributed by atoms with Crippen molar-refractivity contribution in [2.24, 2.45) is 0 Å². The fourth-order valence-corrected chi connectivity index (χ4v) is 3.23. The monoisotopic (exact) mass is 349 g/mol. The molecule has 2 rings (SSSR count). The van der Waals surface area contributed by atoms with Crippen molar-refractivity contribution in [3.63, 3.8) is 0 Å². The fourth-order valence-electron chi connectivity index (χ4n) is 1.59. The molecule has 0 radical (unpaired) electrons. The Hall–Kier alpha value is -0.940. The Kier molecular flexibility index (Phi) is 4.81. The Morgan fingerprint density at radius 3 is 2.15 bits per heavy atom. The van der Waals surface area contributed by atoms with Gasteiger partial charge in [-0.3, -0.25) is 4.72 Å². The summed E-state index contributed by atoms with van der Waals surface area (Å²) < 4.78 is 27.0. The molecule has 2 aromatic rings. The minimum atomic E-state index is -3.69. The molecule has 0 saturated carbocycles. The van der Waals surface area contributed by atoms with Gasteiger partial charge in [0.25, 0.3) is 10.0 Å². The van der Waals surface area contributed by atoms with E-state index < -0.39 is 10.0 Å². The van der Waals surface area contributed by atoms with Crippen LogP contribution in [0.2, 0.25) is 10.0 Å². The van der Waals surface area contributed by atoms with Crippen LogP contribution in [0.15, 0.2) is 47.4 Å². The van der Waals surface area contributed by atoms with Crippen LogP contribution >= 0.6 is 34.8 Å². The normalized spacial score (nSPS) is 11.3. The average molecular weight is 351 g/mol. The van der Waals surface area contributed by atoms with Gasteiger partial charge in [-0.2, -0.15) is 0 Å². The molecule has 0 aliphatic rings. The summed E-state index contributed by atoms with van der Waals surface area (Å²) in [5.74, 6) is 0.152. The minimum absolute atomic E-state index is 0.123. The van der Waals surface area contributed by atoms with E-state index in [0.717, 1.165) is 0 Å². The molecule has 0 spiro atoms. The van der Waals surface area contributed by atoms with Crippen LogP contribution in [-0.2, 0) is 15.9 Å². The van der Waals surface area contributed by atoms with Gasteiger partial charge in [-0.05, 0) is 48.0 Å². The summed E-state index contributed by atoms with van der Waals surface area (Å²) in [6.45, 7) is 0. The molecule has 106 valence electrons. The third kappa shape index (κ3) is 3.58. The van der Waals surface area contributed by atoms with Crippen LogP contribution in [0.25, 0.3) is 0 Å². The van der Waals surface area contributed by atoms with Crippen LogP contribution in [-0.4, -0.2) is 8.42 Å². The topological polar surface area (TPSA) is 46.2 Å². The van der Waals surface area contributed by atoms with Gasteiger partial charge in [0.1, 0.15) is 0 Å². The molecular weight excluding hydrogens is 341 g/mol. The highest BCUT2D eigenvalue weighted by molar-refractivity contribution is 7.92. The quantitative estimate of drug-likeness (QED) is 0.823. The van der Waals surface area contributed by atoms with Gasteiger partial charge in [0, 0.05) is 15.9 Å². The maximum atomic E-state index is 12.2. The number of hydrogen-bond donors (Lipinski definition) is 1. The number of rotatable bonds is 4. The SMILES string of the molecule is O=S(=O)(Nc1ccc(Cl)cc1CCl)c1ccc(Cl)cc1. The second kappa shape index (κ2) is 6.22. The standard InChI is InChI=1S/C13H10Cl3NO2S/c14-8-9-7-11(16)3-6-13(9)17-20(18,19)12-4-1-10(15)2-5-12/h1-7,17H,8H2. The molecule has 0 saturated heterocycles. The third-order valence-electron chi connectivity index (χ3n) is 2.58. The number of benzene rings is 2. The molecule has 0 aliphatic carbocycles. The fraction of sp³-hybridized carbons (Fsp3) is 0.0769. The third-order valence-corrected chi connectivity index (χ3v) is 4.74. The largest absolute Gasteiger partial charge is 0.279 e. The van der Waals surface area contributed by atoms with Crippen molar-refractivity contribution >= 4 is 50.5 Å². The number of alkyl halides is 1. The van der Waals surface area contributed by atoms with E-state index in [1.165, 1.54) is 24.3 Å². The molecule has 0 bridgehead atoms. The highest BCUT2D eigenvalue weighted by Gasteiger charge is 2.15. The summed E-state index contributed by atoms with van der Waals surface area (Å²) in [6, 6.07) is 10.7. The van der Waals surface area contributed by atoms with Crippen molar-refractivity contribution in [2.45, 2.75) is 10.8 Å². The lowest BCUT2D eigenvalue weighted by Gasteiger charge is -2.11. The minimum Gasteiger partial charge on any atom is -0.279 e. The van der Waals surface area contributed by atoms with Gasteiger partial charge in [-0.15, -0.1) is 11.6 Å². The molecule has 1 N–H and O–H groups in total. The van der Waals surface area contributed by atoms with Crippen molar-refractivity contribution < 1.29 is 8.42 Å². The van der Waals surface area contributed by atoms with E-state index in [0.29, 0.717) is 21.3 Å². The lowest BCUT2D eigenvalue weighted by atomic mass is 10.2. The molecule has 0 amide bonds. The summed E-state index contributed by atoms with van der Waals surface area (Å²) in [5.41, 5.74) is 1.01. The van der Waals surface area contributed by atoms with Crippen molar-refractivity contribution in [2.75, 3.05) is 4.72 Å². The van der Waals surface area contributed by atoms with Crippen LogP contribution in [0.1, 0.15) is 5.56 Å². The van der Waals surface area contributed by atoms with Crippen LogP contribution in [0.5, 0.6) is 0 Å². The summed E-state index contributed by atoms with van der Waals surface area (Å²) in [4.78, 5) is 0.123. The Balaban J connectivity index is 2.35. The molecule has 0 heterocycles. The second-order valence-corrected chi connectivity index (χ2v) is 6.82. The lowest BCUT2D eigenvalue weighted by molar-refractivity contribution is 0.601. The first-order valence-electron chi connectivity index (χ1n) is 5.55. The highest BCUT2D eigenvalue weighted by atomic mass is 35.5. The zero-order valence-corrected chi connectivity index (χ0v) is 13.2. The van der Waals surface area contributed by atoms with Crippen molar-refractivity contribution in [1.29, 1.82) is 0 Å². The van der Waals surface area contributed by atoms with E-state index in [1.807, 2.05) is 0 Å². The molecule has 3 nitrogen and oxygen atoms in total. The smallest absolute Gasteiger partial charge is 0.261 e. The van der Waals surface area contributed by atoms with Gasteiger partial charge < -0.3 is 0 Å². The van der Waals surface area contributed by atoms with Gasteiger partial charge in [0.2, 0.25) is 0 Å². The maximum Gasteiger partial charge on any atom is 0.261 e. The Bertz CT molecular complexity index is 715. The first kappa shape index (κ1) is 15.4. The van der Waals surface area contributed by atoms with E-state index >= 15 is 0 Å². The number of anilines is 1. The molecule has 0 aromatic heterocycles. The Morgan fingerprint density at radius 2 is 1.55 bits per heavy atom. The van der Waals surface area contributed by atoms with Crippen molar-refractivity contribution in [3.8, 4) is 0 Å². The number of hydrogen-bond acceptors (Lipinski definition) is 2. The molecule has 2 aromatic carbocycles. The Labute approximate surface area is 132 Å². The summed E-state index contributed by atoms with van der Waals surface area (Å²) in [7, 11) is -3.69. The molecule has 0 fully saturated rings. The second-order valence-electron chi connectivity index (χ2n) is 3.99. The number of nitrogens with one attached hydrogen (secondary N) is 1. The predicted molar refractivity (Wildman–Crippen MR) is 83.3 cm³/mol. The van der Waals surface area contributed by atoms with Crippen LogP contribution in [0.4, 0.5) is 5.69 Å². The van der Waals surface area contributed by atoms with E-state index in [-0.39, 0.29) is 10.8 Å². The first-order valence-corrected chi connectivity index (χ1v) is 8.32. The zero-order valence-electron chi connectivity index (χ0n) is 10.1. The van der Waals surface area contributed by atoms with Crippen molar-refractivity contribution in [3.05, 3.63) is 58.1 Å². The molecule has 0 unspecified atom stereocenters. The van der Waals surface area contributed by atoms with E-state index in [2.05, 4.69) is 4.72 Å². The lowest BCUT2D eigenvalue weighted by Crippen LogP contribution is -2.14. The number of sulfonamides is 1. The number of halogens is 3. The van der Waals surface area contributed by atoms with Crippen molar-refractivity contribution in [1.82, 2.24) is 0 Å². The van der Waals surface area contributed by atoms with Gasteiger partial charge in [-0.25, -0.2) is 8.42 Å². The van der Waals surface area contributed by atoms with Gasteiger partial charge in [0.05, 0.1) is 10.6 Å². The van der Waals surface area contributed by atoms with Gasteiger partial charge in [-0.1, -0.05) is 23.2 Å². The maximum absolute atomic E-state index is 12.2. The molecule has 0 aliphatic heterocycles. The van der Waals surface area contributed by atoms with Gasteiger partial charge >= 0.3 is 0 Å². The average Bonchev–Trinajstić information content (AvgIpc) is 2.41. The van der Waals surface area contributed by atoms with Crippen LogP contribution in [0, 0.1) is 0 Å². The van der Waals surface area contributed by atoms with E-state index in [1.54, 1.807) is 18.2 Å². The van der Waals surface area contributed by atoms with Crippen LogP contribution < -0.4 is 4.72 Å². The molecule has 7 heteroatoms. The molecule has 0 atom stereocenters. The molecule has 20 heavy (non-hydrogen) atoms. The van der Waals surface area contributed by atoms with Crippen LogP contribution in [0.3, 0.4) is 0 Å². The highest BCUT2D eigenvalue weighted by Crippen LogP contribution is 2.25. The first-order chi connectivity index (χ1) is 9.42. The molecular formula is C13H10Cl3NO2S. The summed E-state index contributed by atoms with van der Waals surface area (Å²) >= 11 is 17.4. The zero-order chi connectivity index (χ0) is 14.8. The van der Waals surface area contributed by atoms with Gasteiger partial charge in [0.15, 0.2) is 0 Å². The Morgan fingerprint density at radius 1 is 0.950 bits per heavy atom. The van der Waals surface area contributed by atoms with E-state index in [9.17, 15) is 8.42 Å². The summed E-state index contributed by atoms with van der Waals surface area (Å²) in [6.07, 6.45) is 0. The predicted octanol–water partition coefficient (Wildman–Crippen LogP) is 4.53. The van der Waals surface area contributed by atoms with E-state index in [4.69, 9.17) is 34.8 Å².